The van der Waals surface area contributed by atoms with E-state index in [0.29, 0.717) is 0 Å². The molecule has 3 heterocycles. The van der Waals surface area contributed by atoms with Crippen LogP contribution in [0.4, 0.5) is 17.2 Å². The van der Waals surface area contributed by atoms with Gasteiger partial charge in [0.05, 0.1) is 5.39 Å². The van der Waals surface area contributed by atoms with Crippen molar-refractivity contribution in [1.29, 1.82) is 0 Å². The molecular formula is C22H27N5S. The molecule has 5 rings (SSSR count). The molecule has 0 spiro atoms. The zero-order valence-corrected chi connectivity index (χ0v) is 17.4. The second kappa shape index (κ2) is 7.33. The van der Waals surface area contributed by atoms with Crippen molar-refractivity contribution >= 4 is 38.7 Å². The summed E-state index contributed by atoms with van der Waals surface area (Å²) in [5, 5.41) is 4.79. The number of piperazine rings is 1. The van der Waals surface area contributed by atoms with Gasteiger partial charge in [0.25, 0.3) is 0 Å². The van der Waals surface area contributed by atoms with Crippen molar-refractivity contribution in [2.24, 2.45) is 5.92 Å². The van der Waals surface area contributed by atoms with E-state index >= 15 is 0 Å². The van der Waals surface area contributed by atoms with E-state index in [1.54, 1.807) is 6.33 Å². The van der Waals surface area contributed by atoms with Crippen molar-refractivity contribution in [3.8, 4) is 0 Å². The van der Waals surface area contributed by atoms with Crippen molar-refractivity contribution in [2.45, 2.75) is 26.2 Å². The highest BCUT2D eigenvalue weighted by atomic mass is 32.1. The molecule has 1 atom stereocenters. The maximum atomic E-state index is 4.59. The summed E-state index contributed by atoms with van der Waals surface area (Å²) in [6.45, 7) is 6.78. The Morgan fingerprint density at radius 2 is 1.86 bits per heavy atom. The van der Waals surface area contributed by atoms with Gasteiger partial charge in [-0.05, 0) is 62.1 Å². The largest absolute Gasteiger partial charge is 0.369 e. The molecule has 6 heteroatoms. The Morgan fingerprint density at radius 1 is 1.07 bits per heavy atom. The third-order valence-electron chi connectivity index (χ3n) is 6.09. The third-order valence-corrected chi connectivity index (χ3v) is 7.25. The summed E-state index contributed by atoms with van der Waals surface area (Å²) < 4.78 is 0. The molecule has 1 aromatic carbocycles. The van der Waals surface area contributed by atoms with E-state index in [1.807, 2.05) is 11.3 Å². The van der Waals surface area contributed by atoms with Crippen molar-refractivity contribution < 1.29 is 0 Å². The number of nitrogens with one attached hydrogen (secondary N) is 1. The van der Waals surface area contributed by atoms with Gasteiger partial charge in [-0.1, -0.05) is 6.92 Å². The van der Waals surface area contributed by atoms with Gasteiger partial charge >= 0.3 is 0 Å². The van der Waals surface area contributed by atoms with Gasteiger partial charge < -0.3 is 15.1 Å². The average Bonchev–Trinajstić information content (AvgIpc) is 3.07. The summed E-state index contributed by atoms with van der Waals surface area (Å²) in [6, 6.07) is 8.78. The molecule has 1 fully saturated rings. The first-order chi connectivity index (χ1) is 13.7. The summed E-state index contributed by atoms with van der Waals surface area (Å²) in [5.74, 6) is 1.72. The lowest BCUT2D eigenvalue weighted by atomic mass is 9.89. The van der Waals surface area contributed by atoms with E-state index in [2.05, 4.69) is 63.3 Å². The van der Waals surface area contributed by atoms with Crippen LogP contribution < -0.4 is 10.2 Å². The second-order valence-corrected chi connectivity index (χ2v) is 9.30. The Balaban J connectivity index is 1.40. The lowest BCUT2D eigenvalue weighted by Crippen LogP contribution is -2.44. The van der Waals surface area contributed by atoms with E-state index in [0.717, 1.165) is 54.9 Å². The molecule has 0 bridgehead atoms. The minimum atomic E-state index is 0.770. The first-order valence-electron chi connectivity index (χ1n) is 10.2. The van der Waals surface area contributed by atoms with Crippen LogP contribution >= 0.6 is 11.3 Å². The number of anilines is 3. The van der Waals surface area contributed by atoms with Crippen LogP contribution in [0.2, 0.25) is 0 Å². The lowest BCUT2D eigenvalue weighted by Gasteiger charge is -2.34. The first kappa shape index (κ1) is 17.9. The van der Waals surface area contributed by atoms with Crippen LogP contribution in [-0.4, -0.2) is 48.1 Å². The fraction of sp³-hybridized carbons (Fsp3) is 0.455. The molecule has 1 unspecified atom stereocenters. The number of aromatic nitrogens is 2. The zero-order chi connectivity index (χ0) is 19.1. The van der Waals surface area contributed by atoms with Gasteiger partial charge in [-0.3, -0.25) is 0 Å². The van der Waals surface area contributed by atoms with Crippen LogP contribution in [-0.2, 0) is 12.8 Å². The Kier molecular flexibility index (Phi) is 4.69. The fourth-order valence-electron chi connectivity index (χ4n) is 4.33. The van der Waals surface area contributed by atoms with Crippen LogP contribution in [0.3, 0.4) is 0 Å². The number of likely N-dealkylation sites (N-methyl/N-ethyl adjacent to an activating group) is 1. The van der Waals surface area contributed by atoms with Crippen molar-refractivity contribution in [1.82, 2.24) is 14.9 Å². The Labute approximate surface area is 170 Å². The number of nitrogens with zero attached hydrogens (tertiary/aromatic N) is 4. The average molecular weight is 394 g/mol. The summed E-state index contributed by atoms with van der Waals surface area (Å²) in [7, 11) is 2.19. The molecule has 0 radical (unpaired) electrons. The number of aryl methyl sites for hydroxylation is 1. The number of benzene rings is 1. The maximum Gasteiger partial charge on any atom is 0.142 e. The number of hydrogen-bond donors (Lipinski definition) is 1. The molecule has 28 heavy (non-hydrogen) atoms. The van der Waals surface area contributed by atoms with Crippen molar-refractivity contribution in [2.75, 3.05) is 43.4 Å². The zero-order valence-electron chi connectivity index (χ0n) is 16.6. The number of fused-ring (bicyclic) bond motifs is 3. The van der Waals surface area contributed by atoms with Crippen LogP contribution in [0, 0.1) is 5.92 Å². The standard InChI is InChI=1S/C22H27N5S/c1-15-3-8-18-19(13-15)28-22-20(18)21(23-14-24-22)25-16-4-6-17(7-5-16)27-11-9-26(2)10-12-27/h4-7,14-15H,3,8-13H2,1-2H3,(H,23,24,25). The van der Waals surface area contributed by atoms with Gasteiger partial charge in [-0.2, -0.15) is 0 Å². The third kappa shape index (κ3) is 3.35. The molecule has 0 saturated carbocycles. The predicted molar refractivity (Wildman–Crippen MR) is 118 cm³/mol. The summed E-state index contributed by atoms with van der Waals surface area (Å²) in [4.78, 5) is 16.6. The molecule has 146 valence electrons. The maximum absolute atomic E-state index is 4.59. The number of hydrogen-bond acceptors (Lipinski definition) is 6. The Hall–Kier alpha value is -2.18. The summed E-state index contributed by atoms with van der Waals surface area (Å²) >= 11 is 1.85. The lowest BCUT2D eigenvalue weighted by molar-refractivity contribution is 0.313. The topological polar surface area (TPSA) is 44.3 Å². The van der Waals surface area contributed by atoms with Crippen LogP contribution in [0.25, 0.3) is 10.2 Å². The summed E-state index contributed by atoms with van der Waals surface area (Å²) in [6.07, 6.45) is 5.26. The van der Waals surface area contributed by atoms with E-state index in [1.165, 1.54) is 34.4 Å². The second-order valence-electron chi connectivity index (χ2n) is 8.22. The number of rotatable bonds is 3. The number of thiophene rings is 1. The monoisotopic (exact) mass is 393 g/mol. The van der Waals surface area contributed by atoms with E-state index in [-0.39, 0.29) is 0 Å². The van der Waals surface area contributed by atoms with Gasteiger partial charge in [0.15, 0.2) is 0 Å². The SMILES string of the molecule is CC1CCc2c(sc3ncnc(Nc4ccc(N5CCN(C)CC5)cc4)c23)C1. The normalized spacial score (nSPS) is 20.4. The fourth-order valence-corrected chi connectivity index (χ4v) is 5.68. The molecule has 1 N–H and O–H groups in total. The Bertz CT molecular complexity index is 973. The van der Waals surface area contributed by atoms with Gasteiger partial charge in [0.2, 0.25) is 0 Å². The van der Waals surface area contributed by atoms with Gasteiger partial charge in [-0.15, -0.1) is 11.3 Å². The molecule has 2 aromatic heterocycles. The van der Waals surface area contributed by atoms with Gasteiger partial charge in [-0.25, -0.2) is 9.97 Å². The molecule has 1 saturated heterocycles. The van der Waals surface area contributed by atoms with E-state index < -0.39 is 0 Å². The van der Waals surface area contributed by atoms with Crippen LogP contribution in [0.5, 0.6) is 0 Å². The summed E-state index contributed by atoms with van der Waals surface area (Å²) in [5.41, 5.74) is 3.85. The molecule has 1 aliphatic heterocycles. The highest BCUT2D eigenvalue weighted by Crippen LogP contribution is 2.40. The molecule has 3 aromatic rings. The van der Waals surface area contributed by atoms with Crippen molar-refractivity contribution in [3.63, 3.8) is 0 Å². The highest BCUT2D eigenvalue weighted by molar-refractivity contribution is 7.19. The van der Waals surface area contributed by atoms with Crippen molar-refractivity contribution in [3.05, 3.63) is 41.0 Å². The van der Waals surface area contributed by atoms with Gasteiger partial charge in [0.1, 0.15) is 17.0 Å². The predicted octanol–water partition coefficient (Wildman–Crippen LogP) is 4.31. The molecule has 1 aliphatic carbocycles. The van der Waals surface area contributed by atoms with Crippen LogP contribution in [0.1, 0.15) is 23.8 Å². The van der Waals surface area contributed by atoms with E-state index in [9.17, 15) is 0 Å². The molecular weight excluding hydrogens is 366 g/mol. The minimum Gasteiger partial charge on any atom is -0.369 e. The molecule has 5 nitrogen and oxygen atoms in total. The smallest absolute Gasteiger partial charge is 0.142 e. The first-order valence-corrected chi connectivity index (χ1v) is 11.0. The van der Waals surface area contributed by atoms with Gasteiger partial charge in [0, 0.05) is 42.4 Å². The van der Waals surface area contributed by atoms with Crippen LogP contribution in [0.15, 0.2) is 30.6 Å². The quantitative estimate of drug-likeness (QED) is 0.718. The molecule has 0 amide bonds. The molecule has 2 aliphatic rings. The minimum absolute atomic E-state index is 0.770. The highest BCUT2D eigenvalue weighted by Gasteiger charge is 2.23. The Morgan fingerprint density at radius 3 is 2.64 bits per heavy atom. The van der Waals surface area contributed by atoms with E-state index in [4.69, 9.17) is 0 Å².